The Balaban J connectivity index is 1.63. The molecule has 0 fully saturated rings. The van der Waals surface area contributed by atoms with Crippen molar-refractivity contribution < 1.29 is 4.79 Å². The fourth-order valence-corrected chi connectivity index (χ4v) is 4.14. The predicted octanol–water partition coefficient (Wildman–Crippen LogP) is 4.39. The molecule has 1 amide bonds. The zero-order valence-corrected chi connectivity index (χ0v) is 16.5. The number of carbonyl (C=O) groups is 1. The number of hydrogen-bond acceptors (Lipinski definition) is 5. The molecule has 2 aromatic heterocycles. The second kappa shape index (κ2) is 9.00. The van der Waals surface area contributed by atoms with Crippen LogP contribution in [0.15, 0.2) is 53.0 Å². The number of aromatic nitrogens is 3. The van der Waals surface area contributed by atoms with Crippen LogP contribution in [-0.2, 0) is 11.3 Å². The Kier molecular flexibility index (Phi) is 6.46. The molecule has 2 heterocycles. The molecule has 1 atom stereocenters. The van der Waals surface area contributed by atoms with Crippen molar-refractivity contribution in [3.8, 4) is 10.7 Å². The molecule has 3 rings (SSSR count). The Morgan fingerprint density at radius 2 is 2.04 bits per heavy atom. The highest BCUT2D eigenvalue weighted by Crippen LogP contribution is 2.27. The third-order valence-corrected chi connectivity index (χ3v) is 5.75. The maximum Gasteiger partial charge on any atom is 0.230 e. The average Bonchev–Trinajstić information content (AvgIpc) is 3.31. The monoisotopic (exact) mass is 386 g/mol. The minimum Gasteiger partial charge on any atom is -0.349 e. The van der Waals surface area contributed by atoms with E-state index >= 15 is 0 Å². The van der Waals surface area contributed by atoms with Crippen LogP contribution in [-0.4, -0.2) is 26.4 Å². The molecule has 0 radical (unpaired) electrons. The van der Waals surface area contributed by atoms with Gasteiger partial charge in [-0.05, 0) is 30.4 Å². The van der Waals surface area contributed by atoms with Crippen molar-refractivity contribution in [2.75, 3.05) is 5.75 Å². The molecule has 0 bridgehead atoms. The van der Waals surface area contributed by atoms with Gasteiger partial charge < -0.3 is 9.88 Å². The summed E-state index contributed by atoms with van der Waals surface area (Å²) in [4.78, 5) is 13.4. The van der Waals surface area contributed by atoms with Crippen molar-refractivity contribution >= 4 is 29.0 Å². The van der Waals surface area contributed by atoms with Gasteiger partial charge in [0.1, 0.15) is 0 Å². The summed E-state index contributed by atoms with van der Waals surface area (Å²) in [6.45, 7) is 4.96. The number of benzene rings is 1. The van der Waals surface area contributed by atoms with Crippen LogP contribution in [0.5, 0.6) is 0 Å². The maximum atomic E-state index is 12.3. The predicted molar refractivity (Wildman–Crippen MR) is 107 cm³/mol. The molecule has 136 valence electrons. The van der Waals surface area contributed by atoms with Crippen LogP contribution >= 0.6 is 23.1 Å². The zero-order valence-electron chi connectivity index (χ0n) is 14.9. The number of nitrogens with one attached hydrogen (secondary N) is 1. The number of thiophene rings is 1. The molecule has 7 heteroatoms. The molecule has 0 aliphatic heterocycles. The largest absolute Gasteiger partial charge is 0.349 e. The zero-order chi connectivity index (χ0) is 18.4. The first-order valence-electron chi connectivity index (χ1n) is 8.63. The van der Waals surface area contributed by atoms with Gasteiger partial charge >= 0.3 is 0 Å². The van der Waals surface area contributed by atoms with Crippen LogP contribution in [0.25, 0.3) is 10.7 Å². The summed E-state index contributed by atoms with van der Waals surface area (Å²) in [5.41, 5.74) is 1.10. The average molecular weight is 387 g/mol. The van der Waals surface area contributed by atoms with E-state index in [-0.39, 0.29) is 11.9 Å². The number of hydrogen-bond donors (Lipinski definition) is 1. The summed E-state index contributed by atoms with van der Waals surface area (Å²) in [5, 5.41) is 14.5. The SMILES string of the molecule is CCCn1c(SCC(=O)NC(C)c2ccccc2)nnc1-c1cccs1. The molecule has 0 spiro atoms. The van der Waals surface area contributed by atoms with Crippen molar-refractivity contribution in [3.63, 3.8) is 0 Å². The van der Waals surface area contributed by atoms with Crippen LogP contribution in [0.1, 0.15) is 31.9 Å². The minimum atomic E-state index is -0.0144. The van der Waals surface area contributed by atoms with Crippen LogP contribution in [0.2, 0.25) is 0 Å². The number of rotatable bonds is 8. The van der Waals surface area contributed by atoms with Crippen molar-refractivity contribution in [1.82, 2.24) is 20.1 Å². The Morgan fingerprint density at radius 3 is 2.73 bits per heavy atom. The quantitative estimate of drug-likeness (QED) is 0.584. The van der Waals surface area contributed by atoms with Crippen molar-refractivity contribution in [1.29, 1.82) is 0 Å². The second-order valence-corrected chi connectivity index (χ2v) is 7.81. The first-order valence-corrected chi connectivity index (χ1v) is 10.5. The first-order chi connectivity index (χ1) is 12.7. The van der Waals surface area contributed by atoms with E-state index in [1.54, 1.807) is 11.3 Å². The van der Waals surface area contributed by atoms with Gasteiger partial charge in [-0.25, -0.2) is 0 Å². The lowest BCUT2D eigenvalue weighted by Crippen LogP contribution is -2.28. The van der Waals surface area contributed by atoms with Crippen LogP contribution < -0.4 is 5.32 Å². The van der Waals surface area contributed by atoms with E-state index in [2.05, 4.69) is 27.0 Å². The second-order valence-electron chi connectivity index (χ2n) is 5.92. The smallest absolute Gasteiger partial charge is 0.230 e. The molecule has 0 aliphatic rings. The normalized spacial score (nSPS) is 12.1. The molecular formula is C19H22N4OS2. The third-order valence-electron chi connectivity index (χ3n) is 3.92. The van der Waals surface area contributed by atoms with Crippen molar-refractivity contribution in [2.45, 2.75) is 38.0 Å². The molecule has 1 aromatic carbocycles. The summed E-state index contributed by atoms with van der Waals surface area (Å²) in [6, 6.07) is 14.0. The molecule has 3 aromatic rings. The van der Waals surface area contributed by atoms with Crippen molar-refractivity contribution in [2.24, 2.45) is 0 Å². The van der Waals surface area contributed by atoms with E-state index in [4.69, 9.17) is 0 Å². The van der Waals surface area contributed by atoms with Crippen LogP contribution in [0.3, 0.4) is 0 Å². The van der Waals surface area contributed by atoms with Gasteiger partial charge in [-0.1, -0.05) is 55.1 Å². The van der Waals surface area contributed by atoms with Gasteiger partial charge in [0, 0.05) is 6.54 Å². The summed E-state index contributed by atoms with van der Waals surface area (Å²) >= 11 is 3.08. The number of carbonyl (C=O) groups excluding carboxylic acids is 1. The lowest BCUT2D eigenvalue weighted by molar-refractivity contribution is -0.119. The van der Waals surface area contributed by atoms with Crippen LogP contribution in [0.4, 0.5) is 0 Å². The fraction of sp³-hybridized carbons (Fsp3) is 0.316. The topological polar surface area (TPSA) is 59.8 Å². The molecular weight excluding hydrogens is 364 g/mol. The van der Waals surface area contributed by atoms with E-state index in [9.17, 15) is 4.79 Å². The molecule has 5 nitrogen and oxygen atoms in total. The van der Waals surface area contributed by atoms with E-state index < -0.39 is 0 Å². The summed E-state index contributed by atoms with van der Waals surface area (Å²) in [7, 11) is 0. The summed E-state index contributed by atoms with van der Waals surface area (Å²) < 4.78 is 2.10. The van der Waals surface area contributed by atoms with E-state index in [0.29, 0.717) is 5.75 Å². The summed E-state index contributed by atoms with van der Waals surface area (Å²) in [6.07, 6.45) is 0.987. The molecule has 0 saturated carbocycles. The van der Waals surface area contributed by atoms with Gasteiger partial charge in [0.2, 0.25) is 5.91 Å². The molecule has 0 saturated heterocycles. The van der Waals surface area contributed by atoms with Gasteiger partial charge in [0.25, 0.3) is 0 Å². The van der Waals surface area contributed by atoms with Gasteiger partial charge in [0.15, 0.2) is 11.0 Å². The maximum absolute atomic E-state index is 12.3. The minimum absolute atomic E-state index is 0.00456. The lowest BCUT2D eigenvalue weighted by Gasteiger charge is -2.14. The standard InChI is InChI=1S/C19H22N4OS2/c1-3-11-23-18(16-10-7-12-25-16)21-22-19(23)26-13-17(24)20-14(2)15-8-5-4-6-9-15/h4-10,12,14H,3,11,13H2,1-2H3,(H,20,24). The Morgan fingerprint density at radius 1 is 1.23 bits per heavy atom. The van der Waals surface area contributed by atoms with Crippen LogP contribution in [0, 0.1) is 0 Å². The highest BCUT2D eigenvalue weighted by Gasteiger charge is 2.16. The number of amides is 1. The molecule has 26 heavy (non-hydrogen) atoms. The number of nitrogens with zero attached hydrogens (tertiary/aromatic N) is 3. The van der Waals surface area contributed by atoms with E-state index in [1.807, 2.05) is 54.8 Å². The van der Waals surface area contributed by atoms with Crippen molar-refractivity contribution in [3.05, 3.63) is 53.4 Å². The van der Waals surface area contributed by atoms with Gasteiger partial charge in [0.05, 0.1) is 16.7 Å². The first kappa shape index (κ1) is 18.7. The Bertz CT molecular complexity index is 831. The fourth-order valence-electron chi connectivity index (χ4n) is 2.65. The highest BCUT2D eigenvalue weighted by atomic mass is 32.2. The molecule has 1 unspecified atom stereocenters. The molecule has 0 aliphatic carbocycles. The Hall–Kier alpha value is -2.12. The van der Waals surface area contributed by atoms with E-state index in [1.165, 1.54) is 11.8 Å². The summed E-state index contributed by atoms with van der Waals surface area (Å²) in [5.74, 6) is 1.20. The Labute approximate surface area is 161 Å². The molecule has 1 N–H and O–H groups in total. The van der Waals surface area contributed by atoms with Gasteiger partial charge in [-0.3, -0.25) is 4.79 Å². The number of thioether (sulfide) groups is 1. The lowest BCUT2D eigenvalue weighted by atomic mass is 10.1. The van der Waals surface area contributed by atoms with E-state index in [0.717, 1.165) is 34.4 Å². The third kappa shape index (κ3) is 4.53. The highest BCUT2D eigenvalue weighted by molar-refractivity contribution is 7.99. The van der Waals surface area contributed by atoms with Gasteiger partial charge in [-0.2, -0.15) is 0 Å². The van der Waals surface area contributed by atoms with Gasteiger partial charge in [-0.15, -0.1) is 21.5 Å².